The number of rotatable bonds is 6. The molecule has 0 saturated carbocycles. The zero-order chi connectivity index (χ0) is 15.2. The second-order valence-corrected chi connectivity index (χ2v) is 4.89. The van der Waals surface area contributed by atoms with Crippen LogP contribution in [0.4, 0.5) is 21.8 Å². The number of hydrogen-bond donors (Lipinski definition) is 1. The van der Waals surface area contributed by atoms with Gasteiger partial charge in [-0.2, -0.15) is 4.98 Å². The fourth-order valence-corrected chi connectivity index (χ4v) is 2.17. The van der Waals surface area contributed by atoms with Gasteiger partial charge in [-0.1, -0.05) is 30.7 Å². The van der Waals surface area contributed by atoms with Crippen molar-refractivity contribution in [1.82, 2.24) is 9.97 Å². The summed E-state index contributed by atoms with van der Waals surface area (Å²) >= 11 is 6.19. The van der Waals surface area contributed by atoms with Crippen LogP contribution in [0.3, 0.4) is 0 Å². The molecular weight excluding hydrogens is 291 g/mol. The number of halogens is 2. The third-order valence-electron chi connectivity index (χ3n) is 2.97. The molecule has 0 unspecified atom stereocenters. The Kier molecular flexibility index (Phi) is 5.33. The minimum Gasteiger partial charge on any atom is -0.354 e. The van der Waals surface area contributed by atoms with Crippen LogP contribution >= 0.6 is 11.6 Å². The zero-order valence-corrected chi connectivity index (χ0v) is 12.9. The molecule has 1 heterocycles. The van der Waals surface area contributed by atoms with Gasteiger partial charge in [0.15, 0.2) is 5.82 Å². The summed E-state index contributed by atoms with van der Waals surface area (Å²) in [6.07, 6.45) is 2.50. The van der Waals surface area contributed by atoms with E-state index in [2.05, 4.69) is 22.2 Å². The summed E-state index contributed by atoms with van der Waals surface area (Å²) in [5, 5.41) is 3.50. The standard InChI is InChI=1S/C15H18ClFN4/c1-3-9-18-15-19-10-11(16)14(20-15)21(4-2)13-8-6-5-7-12(13)17/h5-8,10H,3-4,9H2,1-2H3,(H,18,19,20). The van der Waals surface area contributed by atoms with Crippen molar-refractivity contribution in [3.8, 4) is 0 Å². The highest BCUT2D eigenvalue weighted by atomic mass is 35.5. The van der Waals surface area contributed by atoms with E-state index in [1.54, 1.807) is 23.1 Å². The van der Waals surface area contributed by atoms with E-state index >= 15 is 0 Å². The summed E-state index contributed by atoms with van der Waals surface area (Å²) in [7, 11) is 0. The lowest BCUT2D eigenvalue weighted by molar-refractivity contribution is 0.625. The molecule has 2 aromatic rings. The molecule has 0 spiro atoms. The van der Waals surface area contributed by atoms with Gasteiger partial charge in [0.25, 0.3) is 0 Å². The van der Waals surface area contributed by atoms with E-state index in [-0.39, 0.29) is 5.82 Å². The van der Waals surface area contributed by atoms with Crippen LogP contribution in [0.1, 0.15) is 20.3 Å². The van der Waals surface area contributed by atoms with E-state index in [4.69, 9.17) is 11.6 Å². The van der Waals surface area contributed by atoms with Crippen LogP contribution in [0.25, 0.3) is 0 Å². The van der Waals surface area contributed by atoms with Crippen LogP contribution in [-0.2, 0) is 0 Å². The molecular formula is C15H18ClFN4. The Morgan fingerprint density at radius 1 is 1.29 bits per heavy atom. The van der Waals surface area contributed by atoms with Gasteiger partial charge in [0, 0.05) is 13.1 Å². The molecule has 0 amide bonds. The number of anilines is 3. The normalized spacial score (nSPS) is 10.5. The summed E-state index contributed by atoms with van der Waals surface area (Å²) < 4.78 is 14.0. The Morgan fingerprint density at radius 3 is 2.71 bits per heavy atom. The van der Waals surface area contributed by atoms with Crippen LogP contribution in [0.2, 0.25) is 5.02 Å². The second kappa shape index (κ2) is 7.22. The molecule has 1 aromatic heterocycles. The molecule has 1 N–H and O–H groups in total. The fourth-order valence-electron chi connectivity index (χ4n) is 1.97. The Labute approximate surface area is 129 Å². The summed E-state index contributed by atoms with van der Waals surface area (Å²) in [6, 6.07) is 6.56. The minimum atomic E-state index is -0.308. The average molecular weight is 309 g/mol. The highest BCUT2D eigenvalue weighted by molar-refractivity contribution is 6.33. The van der Waals surface area contributed by atoms with Crippen molar-refractivity contribution in [2.24, 2.45) is 0 Å². The van der Waals surface area contributed by atoms with Crippen LogP contribution < -0.4 is 10.2 Å². The van der Waals surface area contributed by atoms with E-state index < -0.39 is 0 Å². The van der Waals surface area contributed by atoms with E-state index in [9.17, 15) is 4.39 Å². The molecule has 2 rings (SSSR count). The molecule has 0 aliphatic rings. The van der Waals surface area contributed by atoms with E-state index in [1.165, 1.54) is 12.3 Å². The number of para-hydroxylation sites is 1. The number of nitrogens with one attached hydrogen (secondary N) is 1. The smallest absolute Gasteiger partial charge is 0.224 e. The number of aromatic nitrogens is 2. The SMILES string of the molecule is CCCNc1ncc(Cl)c(N(CC)c2ccccc2F)n1. The van der Waals surface area contributed by atoms with Crippen molar-refractivity contribution >= 4 is 29.1 Å². The average Bonchev–Trinajstić information content (AvgIpc) is 2.50. The number of benzene rings is 1. The highest BCUT2D eigenvalue weighted by Crippen LogP contribution is 2.31. The summed E-state index contributed by atoms with van der Waals surface area (Å²) in [5.74, 6) is 0.681. The molecule has 0 aliphatic carbocycles. The Hall–Kier alpha value is -1.88. The fraction of sp³-hybridized carbons (Fsp3) is 0.333. The predicted molar refractivity (Wildman–Crippen MR) is 84.9 cm³/mol. The Balaban J connectivity index is 2.40. The lowest BCUT2D eigenvalue weighted by atomic mass is 10.2. The van der Waals surface area contributed by atoms with Crippen molar-refractivity contribution in [2.45, 2.75) is 20.3 Å². The van der Waals surface area contributed by atoms with Gasteiger partial charge in [-0.05, 0) is 25.5 Å². The third kappa shape index (κ3) is 3.61. The van der Waals surface area contributed by atoms with Crippen molar-refractivity contribution < 1.29 is 4.39 Å². The van der Waals surface area contributed by atoms with Crippen molar-refractivity contribution in [3.05, 3.63) is 41.3 Å². The molecule has 1 aromatic carbocycles. The van der Waals surface area contributed by atoms with Gasteiger partial charge in [-0.3, -0.25) is 0 Å². The molecule has 4 nitrogen and oxygen atoms in total. The van der Waals surface area contributed by atoms with Crippen LogP contribution in [0.15, 0.2) is 30.5 Å². The lowest BCUT2D eigenvalue weighted by Crippen LogP contribution is -2.20. The van der Waals surface area contributed by atoms with Gasteiger partial charge in [-0.15, -0.1) is 0 Å². The second-order valence-electron chi connectivity index (χ2n) is 4.49. The Bertz CT molecular complexity index is 606. The van der Waals surface area contributed by atoms with Crippen LogP contribution in [-0.4, -0.2) is 23.1 Å². The zero-order valence-electron chi connectivity index (χ0n) is 12.1. The maximum absolute atomic E-state index is 14.0. The Morgan fingerprint density at radius 2 is 2.05 bits per heavy atom. The van der Waals surface area contributed by atoms with E-state index in [0.717, 1.165) is 13.0 Å². The first-order valence-corrected chi connectivity index (χ1v) is 7.33. The molecule has 0 radical (unpaired) electrons. The molecule has 112 valence electrons. The maximum Gasteiger partial charge on any atom is 0.224 e. The monoisotopic (exact) mass is 308 g/mol. The molecule has 0 saturated heterocycles. The van der Waals surface area contributed by atoms with Crippen molar-refractivity contribution in [3.63, 3.8) is 0 Å². The summed E-state index contributed by atoms with van der Waals surface area (Å²) in [6.45, 7) is 5.29. The highest BCUT2D eigenvalue weighted by Gasteiger charge is 2.17. The molecule has 0 aliphatic heterocycles. The molecule has 0 atom stereocenters. The molecule has 21 heavy (non-hydrogen) atoms. The summed E-state index contributed by atoms with van der Waals surface area (Å²) in [5.41, 5.74) is 0.446. The van der Waals surface area contributed by atoms with Crippen LogP contribution in [0, 0.1) is 5.82 Å². The van der Waals surface area contributed by atoms with Gasteiger partial charge < -0.3 is 10.2 Å². The van der Waals surface area contributed by atoms with E-state index in [1.807, 2.05) is 6.92 Å². The van der Waals surface area contributed by atoms with Gasteiger partial charge in [-0.25, -0.2) is 9.37 Å². The molecule has 0 bridgehead atoms. The largest absolute Gasteiger partial charge is 0.354 e. The maximum atomic E-state index is 14.0. The van der Waals surface area contributed by atoms with E-state index in [0.29, 0.717) is 29.0 Å². The van der Waals surface area contributed by atoms with Crippen LogP contribution in [0.5, 0.6) is 0 Å². The first kappa shape index (κ1) is 15.5. The molecule has 0 fully saturated rings. The number of hydrogen-bond acceptors (Lipinski definition) is 4. The van der Waals surface area contributed by atoms with Gasteiger partial charge in [0.1, 0.15) is 10.8 Å². The minimum absolute atomic E-state index is 0.308. The summed E-state index contributed by atoms with van der Waals surface area (Å²) in [4.78, 5) is 10.3. The third-order valence-corrected chi connectivity index (χ3v) is 3.24. The quantitative estimate of drug-likeness (QED) is 0.866. The predicted octanol–water partition coefficient (Wildman–Crippen LogP) is 4.25. The lowest BCUT2D eigenvalue weighted by Gasteiger charge is -2.23. The number of nitrogens with zero attached hydrogens (tertiary/aromatic N) is 3. The van der Waals surface area contributed by atoms with Gasteiger partial charge in [0.2, 0.25) is 5.95 Å². The van der Waals surface area contributed by atoms with Crippen molar-refractivity contribution in [1.29, 1.82) is 0 Å². The topological polar surface area (TPSA) is 41.1 Å². The van der Waals surface area contributed by atoms with Gasteiger partial charge >= 0.3 is 0 Å². The van der Waals surface area contributed by atoms with Crippen molar-refractivity contribution in [2.75, 3.05) is 23.3 Å². The molecule has 6 heteroatoms. The van der Waals surface area contributed by atoms with Gasteiger partial charge in [0.05, 0.1) is 11.9 Å². The first-order valence-electron chi connectivity index (χ1n) is 6.95. The first-order chi connectivity index (χ1) is 10.2.